The second-order valence-electron chi connectivity index (χ2n) is 11.1. The number of ether oxygens (including phenoxy) is 1. The predicted molar refractivity (Wildman–Crippen MR) is 170 cm³/mol. The lowest BCUT2D eigenvalue weighted by Crippen LogP contribution is -2.53. The van der Waals surface area contributed by atoms with Crippen LogP contribution in [0.4, 0.5) is 4.79 Å². The zero-order chi connectivity index (χ0) is 32.5. The van der Waals surface area contributed by atoms with E-state index in [0.29, 0.717) is 13.1 Å². The number of aliphatic hydroxyl groups excluding tert-OH is 2. The molecule has 2 unspecified atom stereocenters. The lowest BCUT2D eigenvalue weighted by Gasteiger charge is -2.26. The molecule has 0 heterocycles. The first-order chi connectivity index (χ1) is 21.0. The van der Waals surface area contributed by atoms with E-state index in [9.17, 15) is 24.6 Å². The molecule has 0 aromatic heterocycles. The molecule has 0 radical (unpaired) electrons. The molecule has 0 saturated heterocycles. The van der Waals surface area contributed by atoms with Crippen molar-refractivity contribution in [3.05, 3.63) is 108 Å². The predicted octanol–water partition coefficient (Wildman–Crippen LogP) is 3.26. The van der Waals surface area contributed by atoms with Gasteiger partial charge in [-0.3, -0.25) is 9.59 Å². The minimum absolute atomic E-state index is 0.0625. The summed E-state index contributed by atoms with van der Waals surface area (Å²) in [7, 11) is 0. The number of rotatable bonds is 13. The summed E-state index contributed by atoms with van der Waals surface area (Å²) in [4.78, 5) is 36.0. The van der Waals surface area contributed by atoms with Crippen LogP contribution in [0, 0.1) is 11.8 Å². The Balaban J connectivity index is 0.000000342. The summed E-state index contributed by atoms with van der Waals surface area (Å²) in [5.74, 6) is -1.06. The van der Waals surface area contributed by atoms with E-state index in [0.717, 1.165) is 16.7 Å². The van der Waals surface area contributed by atoms with Gasteiger partial charge in [0.2, 0.25) is 0 Å². The lowest BCUT2D eigenvalue weighted by atomic mass is 9.98. The van der Waals surface area contributed by atoms with Crippen molar-refractivity contribution in [3.8, 4) is 0 Å². The number of carbonyl (C=O) groups excluding carboxylic acids is 3. The number of aliphatic hydroxyl groups is 2. The smallest absolute Gasteiger partial charge is 0.407 e. The average molecular weight is 607 g/mol. The van der Waals surface area contributed by atoms with E-state index in [4.69, 9.17) is 10.5 Å². The molecule has 3 rings (SSSR count). The van der Waals surface area contributed by atoms with Crippen LogP contribution in [0.1, 0.15) is 44.4 Å². The molecule has 7 N–H and O–H groups in total. The van der Waals surface area contributed by atoms with Gasteiger partial charge in [0.05, 0.1) is 6.04 Å². The highest BCUT2D eigenvalue weighted by Crippen LogP contribution is 2.10. The highest BCUT2D eigenvalue weighted by atomic mass is 16.5. The number of hydrogen-bond acceptors (Lipinski definition) is 7. The fraction of sp³-hybridized carbons (Fsp3) is 0.382. The fourth-order valence-corrected chi connectivity index (χ4v) is 3.99. The Morgan fingerprint density at radius 3 is 1.48 bits per heavy atom. The van der Waals surface area contributed by atoms with Crippen LogP contribution in [0.3, 0.4) is 0 Å². The Labute approximate surface area is 260 Å². The molecule has 44 heavy (non-hydrogen) atoms. The molecule has 0 spiro atoms. The molecule has 0 saturated carbocycles. The van der Waals surface area contributed by atoms with Gasteiger partial charge in [0, 0.05) is 19.1 Å². The van der Waals surface area contributed by atoms with Gasteiger partial charge in [-0.1, -0.05) is 119 Å². The van der Waals surface area contributed by atoms with Crippen molar-refractivity contribution in [1.29, 1.82) is 0 Å². The topological polar surface area (TPSA) is 163 Å². The SMILES string of the molecule is CC(C)[C@H](N)C(O)C(=O)NCc1ccccc1.CC(C)[C@H](NC(=O)OCc1ccccc1)C(O)C(=O)NCc1ccccc1. The van der Waals surface area contributed by atoms with Crippen LogP contribution >= 0.6 is 0 Å². The van der Waals surface area contributed by atoms with E-state index in [1.54, 1.807) is 0 Å². The summed E-state index contributed by atoms with van der Waals surface area (Å²) in [5.41, 5.74) is 8.49. The number of hydrogen-bond donors (Lipinski definition) is 6. The average Bonchev–Trinajstić information content (AvgIpc) is 3.04. The van der Waals surface area contributed by atoms with Crippen molar-refractivity contribution in [2.45, 2.75) is 71.7 Å². The van der Waals surface area contributed by atoms with Crippen molar-refractivity contribution in [2.75, 3.05) is 0 Å². The molecule has 0 fully saturated rings. The lowest BCUT2D eigenvalue weighted by molar-refractivity contribution is -0.132. The highest BCUT2D eigenvalue weighted by molar-refractivity contribution is 5.82. The van der Waals surface area contributed by atoms with Crippen molar-refractivity contribution >= 4 is 17.9 Å². The Kier molecular flexibility index (Phi) is 15.6. The third-order valence-corrected chi connectivity index (χ3v) is 6.85. The van der Waals surface area contributed by atoms with Gasteiger partial charge in [-0.05, 0) is 28.5 Å². The minimum Gasteiger partial charge on any atom is -0.445 e. The maximum Gasteiger partial charge on any atom is 0.407 e. The second-order valence-corrected chi connectivity index (χ2v) is 11.1. The summed E-state index contributed by atoms with van der Waals surface area (Å²) >= 11 is 0. The van der Waals surface area contributed by atoms with E-state index in [-0.39, 0.29) is 18.4 Å². The maximum atomic E-state index is 12.3. The Morgan fingerprint density at radius 2 is 1.07 bits per heavy atom. The molecular weight excluding hydrogens is 560 g/mol. The van der Waals surface area contributed by atoms with Crippen LogP contribution in [0.15, 0.2) is 91.0 Å². The van der Waals surface area contributed by atoms with Crippen LogP contribution in [0.25, 0.3) is 0 Å². The standard InChI is InChI=1S/C21H26N2O4.C13H20N2O2/c1-15(2)18(23-21(26)27-14-17-11-7-4-8-12-17)19(24)20(25)22-13-16-9-5-3-6-10-16;1-9(2)11(14)12(16)13(17)15-8-10-6-4-3-5-7-10/h3-12,15,18-19,24H,13-14H2,1-2H3,(H,22,25)(H,23,26);3-7,9,11-12,16H,8,14H2,1-2H3,(H,15,17)/t18-,19?;11-,12?/m00/s1. The number of alkyl carbamates (subject to hydrolysis) is 1. The largest absolute Gasteiger partial charge is 0.445 e. The van der Waals surface area contributed by atoms with Gasteiger partial charge in [-0.2, -0.15) is 0 Å². The molecular formula is C34H46N4O6. The monoisotopic (exact) mass is 606 g/mol. The number of carbonyl (C=O) groups is 3. The molecule has 3 aromatic rings. The minimum atomic E-state index is -1.38. The Bertz CT molecular complexity index is 1260. The van der Waals surface area contributed by atoms with E-state index < -0.39 is 42.2 Å². The molecule has 0 bridgehead atoms. The van der Waals surface area contributed by atoms with Crippen molar-refractivity contribution < 1.29 is 29.3 Å². The molecule has 238 valence electrons. The Hall–Kier alpha value is -4.25. The Morgan fingerprint density at radius 1 is 0.659 bits per heavy atom. The highest BCUT2D eigenvalue weighted by Gasteiger charge is 2.30. The third kappa shape index (κ3) is 12.9. The first-order valence-corrected chi connectivity index (χ1v) is 14.7. The molecule has 0 aliphatic heterocycles. The van der Waals surface area contributed by atoms with Gasteiger partial charge < -0.3 is 36.6 Å². The van der Waals surface area contributed by atoms with E-state index in [2.05, 4.69) is 16.0 Å². The molecule has 0 aliphatic carbocycles. The molecule has 10 heteroatoms. The van der Waals surface area contributed by atoms with Crippen molar-refractivity contribution in [2.24, 2.45) is 17.6 Å². The van der Waals surface area contributed by atoms with Crippen LogP contribution in [0.2, 0.25) is 0 Å². The van der Waals surface area contributed by atoms with Crippen LogP contribution in [0.5, 0.6) is 0 Å². The molecule has 4 atom stereocenters. The summed E-state index contributed by atoms with van der Waals surface area (Å²) in [5, 5.41) is 28.0. The molecule has 10 nitrogen and oxygen atoms in total. The second kappa shape index (κ2) is 19.1. The number of nitrogens with two attached hydrogens (primary N) is 1. The normalized spacial score (nSPS) is 13.5. The first-order valence-electron chi connectivity index (χ1n) is 14.7. The third-order valence-electron chi connectivity index (χ3n) is 6.85. The van der Waals surface area contributed by atoms with Crippen molar-refractivity contribution in [1.82, 2.24) is 16.0 Å². The summed E-state index contributed by atoms with van der Waals surface area (Å²) in [6.07, 6.45) is -3.20. The van der Waals surface area contributed by atoms with Gasteiger partial charge in [0.1, 0.15) is 12.7 Å². The van der Waals surface area contributed by atoms with E-state index >= 15 is 0 Å². The zero-order valence-corrected chi connectivity index (χ0v) is 25.9. The summed E-state index contributed by atoms with van der Waals surface area (Å²) in [6, 6.07) is 26.9. The van der Waals surface area contributed by atoms with Gasteiger partial charge in [0.25, 0.3) is 11.8 Å². The summed E-state index contributed by atoms with van der Waals surface area (Å²) in [6.45, 7) is 8.21. The van der Waals surface area contributed by atoms with Crippen LogP contribution in [-0.2, 0) is 34.0 Å². The van der Waals surface area contributed by atoms with Crippen molar-refractivity contribution in [3.63, 3.8) is 0 Å². The number of nitrogens with one attached hydrogen (secondary N) is 3. The van der Waals surface area contributed by atoms with Gasteiger partial charge >= 0.3 is 6.09 Å². The fourth-order valence-electron chi connectivity index (χ4n) is 3.99. The maximum absolute atomic E-state index is 12.3. The van der Waals surface area contributed by atoms with E-state index in [1.807, 2.05) is 119 Å². The number of benzene rings is 3. The number of amides is 3. The zero-order valence-electron chi connectivity index (χ0n) is 25.9. The molecule has 0 aliphatic rings. The molecule has 3 amide bonds. The van der Waals surface area contributed by atoms with Crippen LogP contribution in [-0.4, -0.2) is 52.4 Å². The van der Waals surface area contributed by atoms with Gasteiger partial charge in [-0.25, -0.2) is 4.79 Å². The summed E-state index contributed by atoms with van der Waals surface area (Å²) < 4.78 is 5.18. The quantitative estimate of drug-likeness (QED) is 0.174. The van der Waals surface area contributed by atoms with Gasteiger partial charge in [-0.15, -0.1) is 0 Å². The van der Waals surface area contributed by atoms with Crippen LogP contribution < -0.4 is 21.7 Å². The first kappa shape index (κ1) is 35.9. The molecule has 3 aromatic carbocycles. The van der Waals surface area contributed by atoms with E-state index in [1.165, 1.54) is 0 Å². The van der Waals surface area contributed by atoms with Gasteiger partial charge in [0.15, 0.2) is 6.10 Å².